The summed E-state index contributed by atoms with van der Waals surface area (Å²) < 4.78 is 21.7. The van der Waals surface area contributed by atoms with Gasteiger partial charge in [-0.05, 0) is 62.2 Å². The van der Waals surface area contributed by atoms with Gasteiger partial charge in [-0.3, -0.25) is 9.48 Å². The highest BCUT2D eigenvalue weighted by Gasteiger charge is 2.15. The molecule has 0 unspecified atom stereocenters. The minimum atomic E-state index is -0.464. The quantitative estimate of drug-likeness (QED) is 0.384. The standard InChI is InChI=1S/C25H34FN7O2/c1-5-32(6-2)10-7-11-33-17-21(16-30-33)31-25-28-14-18(15-29-25)8-9-19-12-20(24(34)27-3)13-22(35-4)23(19)26/h12-17H,5-11H2,1-4H3,(H,27,34)(H,28,29,31). The molecule has 35 heavy (non-hydrogen) atoms. The van der Waals surface area contributed by atoms with Crippen molar-refractivity contribution in [3.8, 4) is 5.75 Å². The number of nitrogens with zero attached hydrogens (tertiary/aromatic N) is 5. The fraction of sp³-hybridized carbons (Fsp3) is 0.440. The number of aromatic nitrogens is 4. The molecule has 3 aromatic rings. The van der Waals surface area contributed by atoms with Gasteiger partial charge in [0.1, 0.15) is 0 Å². The number of hydrogen-bond donors (Lipinski definition) is 2. The highest BCUT2D eigenvalue weighted by Crippen LogP contribution is 2.24. The van der Waals surface area contributed by atoms with Crippen LogP contribution >= 0.6 is 0 Å². The second-order valence-corrected chi connectivity index (χ2v) is 8.14. The van der Waals surface area contributed by atoms with E-state index in [1.54, 1.807) is 24.7 Å². The Kier molecular flexibility index (Phi) is 9.54. The molecular formula is C25H34FN7O2. The van der Waals surface area contributed by atoms with Crippen LogP contribution in [0.2, 0.25) is 0 Å². The van der Waals surface area contributed by atoms with Crippen LogP contribution in [-0.4, -0.2) is 64.3 Å². The summed E-state index contributed by atoms with van der Waals surface area (Å²) in [7, 11) is 2.91. The second-order valence-electron chi connectivity index (χ2n) is 8.14. The van der Waals surface area contributed by atoms with Crippen LogP contribution in [0.5, 0.6) is 5.75 Å². The highest BCUT2D eigenvalue weighted by atomic mass is 19.1. The van der Waals surface area contributed by atoms with E-state index in [1.807, 2.05) is 10.9 Å². The normalized spacial score (nSPS) is 11.0. The molecule has 3 rings (SSSR count). The Balaban J connectivity index is 1.56. The number of benzene rings is 1. The molecule has 0 spiro atoms. The maximum Gasteiger partial charge on any atom is 0.251 e. The third-order valence-corrected chi connectivity index (χ3v) is 5.86. The molecule has 0 radical (unpaired) electrons. The summed E-state index contributed by atoms with van der Waals surface area (Å²) in [5, 5.41) is 10.1. The summed E-state index contributed by atoms with van der Waals surface area (Å²) in [5.41, 5.74) is 2.43. The molecule has 1 amide bonds. The number of carbonyl (C=O) groups is 1. The largest absolute Gasteiger partial charge is 0.494 e. The Morgan fingerprint density at radius 2 is 1.89 bits per heavy atom. The first kappa shape index (κ1) is 26.1. The van der Waals surface area contributed by atoms with Gasteiger partial charge in [0, 0.05) is 37.7 Å². The molecule has 0 saturated carbocycles. The Morgan fingerprint density at radius 3 is 2.54 bits per heavy atom. The van der Waals surface area contributed by atoms with E-state index in [9.17, 15) is 9.18 Å². The number of anilines is 2. The Bertz CT molecular complexity index is 1100. The number of hydrogen-bond acceptors (Lipinski definition) is 7. The molecule has 1 aromatic carbocycles. The van der Waals surface area contributed by atoms with E-state index in [1.165, 1.54) is 20.2 Å². The van der Waals surface area contributed by atoms with Crippen LogP contribution in [0.15, 0.2) is 36.9 Å². The van der Waals surface area contributed by atoms with Gasteiger partial charge in [-0.2, -0.15) is 5.10 Å². The lowest BCUT2D eigenvalue weighted by Gasteiger charge is -2.17. The van der Waals surface area contributed by atoms with Crippen molar-refractivity contribution in [1.82, 2.24) is 30.0 Å². The van der Waals surface area contributed by atoms with Gasteiger partial charge < -0.3 is 20.3 Å². The van der Waals surface area contributed by atoms with E-state index in [4.69, 9.17) is 4.74 Å². The molecule has 9 nitrogen and oxygen atoms in total. The summed E-state index contributed by atoms with van der Waals surface area (Å²) in [4.78, 5) is 23.1. The van der Waals surface area contributed by atoms with Gasteiger partial charge in [-0.25, -0.2) is 14.4 Å². The fourth-order valence-electron chi connectivity index (χ4n) is 3.76. The first-order valence-corrected chi connectivity index (χ1v) is 11.9. The predicted molar refractivity (Wildman–Crippen MR) is 134 cm³/mol. The van der Waals surface area contributed by atoms with Crippen LogP contribution in [-0.2, 0) is 19.4 Å². The van der Waals surface area contributed by atoms with Crippen molar-refractivity contribution < 1.29 is 13.9 Å². The van der Waals surface area contributed by atoms with Gasteiger partial charge in [0.05, 0.1) is 19.0 Å². The molecule has 2 N–H and O–H groups in total. The average Bonchev–Trinajstić information content (AvgIpc) is 3.33. The zero-order valence-corrected chi connectivity index (χ0v) is 20.8. The summed E-state index contributed by atoms with van der Waals surface area (Å²) >= 11 is 0. The lowest BCUT2D eigenvalue weighted by molar-refractivity contribution is 0.0962. The van der Waals surface area contributed by atoms with Crippen LogP contribution in [0.25, 0.3) is 0 Å². The molecule has 0 aliphatic rings. The fourth-order valence-corrected chi connectivity index (χ4v) is 3.76. The van der Waals surface area contributed by atoms with Gasteiger partial charge in [0.25, 0.3) is 5.91 Å². The third-order valence-electron chi connectivity index (χ3n) is 5.86. The number of aryl methyl sites for hydroxylation is 3. The molecule has 2 heterocycles. The Hall–Kier alpha value is -3.53. The number of nitrogens with one attached hydrogen (secondary N) is 2. The second kappa shape index (κ2) is 12.8. The number of halogens is 1. The van der Waals surface area contributed by atoms with Crippen LogP contribution in [0.1, 0.15) is 41.8 Å². The number of carbonyl (C=O) groups excluding carboxylic acids is 1. The summed E-state index contributed by atoms with van der Waals surface area (Å²) in [6.45, 7) is 8.35. The van der Waals surface area contributed by atoms with Crippen molar-refractivity contribution in [2.24, 2.45) is 0 Å². The Morgan fingerprint density at radius 1 is 1.14 bits per heavy atom. The lowest BCUT2D eigenvalue weighted by atomic mass is 10.0. The lowest BCUT2D eigenvalue weighted by Crippen LogP contribution is -2.24. The minimum Gasteiger partial charge on any atom is -0.494 e. The summed E-state index contributed by atoms with van der Waals surface area (Å²) in [6, 6.07) is 2.95. The van der Waals surface area contributed by atoms with Crippen molar-refractivity contribution in [1.29, 1.82) is 0 Å². The molecule has 10 heteroatoms. The van der Waals surface area contributed by atoms with Gasteiger partial charge in [-0.1, -0.05) is 13.8 Å². The average molecular weight is 484 g/mol. The molecule has 2 aromatic heterocycles. The maximum absolute atomic E-state index is 14.7. The van der Waals surface area contributed by atoms with Crippen molar-refractivity contribution in [2.75, 3.05) is 39.1 Å². The number of ether oxygens (including phenoxy) is 1. The van der Waals surface area contributed by atoms with E-state index >= 15 is 0 Å². The zero-order valence-electron chi connectivity index (χ0n) is 20.8. The SMILES string of the molecule is CCN(CC)CCCn1cc(Nc2ncc(CCc3cc(C(=O)NC)cc(OC)c3F)cn2)cn1. The molecule has 0 aliphatic heterocycles. The monoisotopic (exact) mass is 483 g/mol. The molecular weight excluding hydrogens is 449 g/mol. The summed E-state index contributed by atoms with van der Waals surface area (Å²) in [6.07, 6.45) is 9.04. The number of rotatable bonds is 13. The molecule has 0 fully saturated rings. The zero-order chi connectivity index (χ0) is 25.2. The number of amides is 1. The first-order chi connectivity index (χ1) is 17.0. The highest BCUT2D eigenvalue weighted by molar-refractivity contribution is 5.94. The van der Waals surface area contributed by atoms with Crippen LogP contribution in [0.3, 0.4) is 0 Å². The van der Waals surface area contributed by atoms with Crippen molar-refractivity contribution in [3.05, 3.63) is 59.4 Å². The molecule has 0 atom stereocenters. The smallest absolute Gasteiger partial charge is 0.251 e. The van der Waals surface area contributed by atoms with Crippen LogP contribution < -0.4 is 15.4 Å². The van der Waals surface area contributed by atoms with Crippen molar-refractivity contribution in [3.63, 3.8) is 0 Å². The molecule has 0 aliphatic carbocycles. The molecule has 0 saturated heterocycles. The van der Waals surface area contributed by atoms with Gasteiger partial charge in [-0.15, -0.1) is 0 Å². The first-order valence-electron chi connectivity index (χ1n) is 11.9. The number of methoxy groups -OCH3 is 1. The van der Waals surface area contributed by atoms with Crippen molar-refractivity contribution in [2.45, 2.75) is 39.7 Å². The van der Waals surface area contributed by atoms with Crippen molar-refractivity contribution >= 4 is 17.5 Å². The minimum absolute atomic E-state index is 0.0468. The topological polar surface area (TPSA) is 97.2 Å². The van der Waals surface area contributed by atoms with E-state index in [-0.39, 0.29) is 11.7 Å². The third kappa shape index (κ3) is 7.22. The van der Waals surface area contributed by atoms with Crippen LogP contribution in [0, 0.1) is 5.82 Å². The van der Waals surface area contributed by atoms with Crippen LogP contribution in [0.4, 0.5) is 16.0 Å². The van der Waals surface area contributed by atoms with E-state index in [0.717, 1.165) is 43.9 Å². The summed E-state index contributed by atoms with van der Waals surface area (Å²) in [5.74, 6) is -0.250. The van der Waals surface area contributed by atoms with Gasteiger partial charge in [0.2, 0.25) is 5.95 Å². The molecule has 0 bridgehead atoms. The molecule has 188 valence electrons. The van der Waals surface area contributed by atoms with E-state index in [0.29, 0.717) is 29.9 Å². The van der Waals surface area contributed by atoms with Gasteiger partial charge >= 0.3 is 0 Å². The maximum atomic E-state index is 14.7. The Labute approximate surface area is 205 Å². The predicted octanol–water partition coefficient (Wildman–Crippen LogP) is 3.44. The van der Waals surface area contributed by atoms with E-state index in [2.05, 4.69) is 44.4 Å². The van der Waals surface area contributed by atoms with Gasteiger partial charge in [0.15, 0.2) is 11.6 Å². The van der Waals surface area contributed by atoms with E-state index < -0.39 is 5.82 Å².